The van der Waals surface area contributed by atoms with E-state index in [2.05, 4.69) is 10.6 Å². The Balaban J connectivity index is 2.42. The van der Waals surface area contributed by atoms with Crippen LogP contribution in [0.25, 0.3) is 0 Å². The van der Waals surface area contributed by atoms with E-state index in [1.807, 2.05) is 0 Å². The molecule has 0 bridgehead atoms. The number of carbonyl (C=O) groups is 3. The van der Waals surface area contributed by atoms with Gasteiger partial charge in [0.1, 0.15) is 0 Å². The number of nitrogens with zero attached hydrogens (tertiary/aromatic N) is 1. The maximum Gasteiger partial charge on any atom is 0.321 e. The van der Waals surface area contributed by atoms with E-state index in [0.29, 0.717) is 19.5 Å². The number of nitrogens with one attached hydrogen (secondary N) is 2. The number of hydrogen-bond donors (Lipinski definition) is 3. The molecular formula is C11H19N3O4. The molecule has 102 valence electrons. The number of likely N-dealkylation sites (tertiary alicyclic amines) is 1. The third-order valence-electron chi connectivity index (χ3n) is 3.14. The van der Waals surface area contributed by atoms with Crippen LogP contribution in [0.3, 0.4) is 0 Å². The summed E-state index contributed by atoms with van der Waals surface area (Å²) in [5, 5.41) is 13.6. The molecule has 3 N–H and O–H groups in total. The Morgan fingerprint density at radius 3 is 2.56 bits per heavy atom. The van der Waals surface area contributed by atoms with Crippen LogP contribution < -0.4 is 10.6 Å². The highest BCUT2D eigenvalue weighted by Gasteiger charge is 2.36. The zero-order valence-electron chi connectivity index (χ0n) is 10.6. The average molecular weight is 257 g/mol. The normalized spacial score (nSPS) is 23.7. The van der Waals surface area contributed by atoms with Crippen molar-refractivity contribution in [2.75, 3.05) is 19.6 Å². The summed E-state index contributed by atoms with van der Waals surface area (Å²) in [4.78, 5) is 35.4. The predicted molar refractivity (Wildman–Crippen MR) is 64.0 cm³/mol. The molecular weight excluding hydrogens is 238 g/mol. The first-order valence-electron chi connectivity index (χ1n) is 6.00. The van der Waals surface area contributed by atoms with Crippen molar-refractivity contribution in [2.45, 2.75) is 26.3 Å². The van der Waals surface area contributed by atoms with Crippen LogP contribution in [0, 0.1) is 5.92 Å². The van der Waals surface area contributed by atoms with Gasteiger partial charge in [0.2, 0.25) is 5.91 Å². The average Bonchev–Trinajstić information content (AvgIpc) is 2.60. The maximum atomic E-state index is 11.5. The number of carboxylic acid groups (broad SMARTS) is 1. The van der Waals surface area contributed by atoms with Crippen molar-refractivity contribution in [3.05, 3.63) is 0 Å². The van der Waals surface area contributed by atoms with Gasteiger partial charge in [-0.3, -0.25) is 19.8 Å². The summed E-state index contributed by atoms with van der Waals surface area (Å²) >= 11 is 0. The van der Waals surface area contributed by atoms with Crippen molar-refractivity contribution >= 4 is 17.9 Å². The topological polar surface area (TPSA) is 98.7 Å². The van der Waals surface area contributed by atoms with E-state index in [4.69, 9.17) is 5.11 Å². The Hall–Kier alpha value is -1.63. The minimum Gasteiger partial charge on any atom is -0.481 e. The first-order valence-corrected chi connectivity index (χ1v) is 6.00. The quantitative estimate of drug-likeness (QED) is 0.638. The minimum absolute atomic E-state index is 0.0437. The Morgan fingerprint density at radius 1 is 1.39 bits per heavy atom. The smallest absolute Gasteiger partial charge is 0.321 e. The lowest BCUT2D eigenvalue weighted by Gasteiger charge is -2.21. The lowest BCUT2D eigenvalue weighted by molar-refractivity contribution is -0.142. The van der Waals surface area contributed by atoms with Crippen molar-refractivity contribution in [3.63, 3.8) is 0 Å². The molecule has 0 aromatic carbocycles. The summed E-state index contributed by atoms with van der Waals surface area (Å²) in [6.45, 7) is 4.58. The lowest BCUT2D eigenvalue weighted by Crippen LogP contribution is -2.45. The number of amides is 3. The SMILES string of the molecule is CCNC(=O)NC(=O)CN1CCC(C(=O)O)C1C. The second-order valence-electron chi connectivity index (χ2n) is 4.35. The van der Waals surface area contributed by atoms with Crippen molar-refractivity contribution in [1.29, 1.82) is 0 Å². The van der Waals surface area contributed by atoms with Gasteiger partial charge in [-0.15, -0.1) is 0 Å². The van der Waals surface area contributed by atoms with Gasteiger partial charge >= 0.3 is 12.0 Å². The highest BCUT2D eigenvalue weighted by Crippen LogP contribution is 2.23. The van der Waals surface area contributed by atoms with Gasteiger partial charge in [0, 0.05) is 12.6 Å². The molecule has 1 fully saturated rings. The Bertz CT molecular complexity index is 345. The van der Waals surface area contributed by atoms with Crippen molar-refractivity contribution in [2.24, 2.45) is 5.92 Å². The molecule has 1 rings (SSSR count). The number of rotatable bonds is 4. The Labute approximate surface area is 106 Å². The molecule has 3 amide bonds. The van der Waals surface area contributed by atoms with Gasteiger partial charge in [0.25, 0.3) is 0 Å². The van der Waals surface area contributed by atoms with Gasteiger partial charge in [0.05, 0.1) is 12.5 Å². The number of hydrogen-bond acceptors (Lipinski definition) is 4. The molecule has 0 aliphatic carbocycles. The molecule has 0 aromatic heterocycles. The van der Waals surface area contributed by atoms with E-state index in [1.165, 1.54) is 0 Å². The van der Waals surface area contributed by atoms with Crippen molar-refractivity contribution in [1.82, 2.24) is 15.5 Å². The van der Waals surface area contributed by atoms with Gasteiger partial charge in [-0.25, -0.2) is 4.79 Å². The lowest BCUT2D eigenvalue weighted by atomic mass is 10.0. The van der Waals surface area contributed by atoms with Gasteiger partial charge in [-0.2, -0.15) is 0 Å². The molecule has 1 saturated heterocycles. The van der Waals surface area contributed by atoms with Crippen LogP contribution in [0.5, 0.6) is 0 Å². The Kier molecular flexibility index (Phi) is 5.08. The molecule has 2 unspecified atom stereocenters. The van der Waals surface area contributed by atoms with Crippen LogP contribution in [0.1, 0.15) is 20.3 Å². The Morgan fingerprint density at radius 2 is 2.06 bits per heavy atom. The fourth-order valence-electron chi connectivity index (χ4n) is 2.11. The van der Waals surface area contributed by atoms with Gasteiger partial charge in [0.15, 0.2) is 0 Å². The molecule has 2 atom stereocenters. The second kappa shape index (κ2) is 6.34. The van der Waals surface area contributed by atoms with Gasteiger partial charge < -0.3 is 10.4 Å². The van der Waals surface area contributed by atoms with Crippen LogP contribution in [0.2, 0.25) is 0 Å². The number of imide groups is 1. The molecule has 7 nitrogen and oxygen atoms in total. The van der Waals surface area contributed by atoms with Crippen LogP contribution in [0.4, 0.5) is 4.79 Å². The fourth-order valence-corrected chi connectivity index (χ4v) is 2.11. The van der Waals surface area contributed by atoms with E-state index in [0.717, 1.165) is 0 Å². The predicted octanol–water partition coefficient (Wildman–Crippen LogP) is -0.373. The largest absolute Gasteiger partial charge is 0.481 e. The molecule has 0 saturated carbocycles. The number of aliphatic carboxylic acids is 1. The molecule has 0 spiro atoms. The molecule has 1 aliphatic heterocycles. The molecule has 18 heavy (non-hydrogen) atoms. The van der Waals surface area contributed by atoms with Gasteiger partial charge in [-0.05, 0) is 26.8 Å². The van der Waals surface area contributed by atoms with Crippen LogP contribution in [-0.2, 0) is 9.59 Å². The summed E-state index contributed by atoms with van der Waals surface area (Å²) in [7, 11) is 0. The third-order valence-corrected chi connectivity index (χ3v) is 3.14. The van der Waals surface area contributed by atoms with Crippen LogP contribution >= 0.6 is 0 Å². The van der Waals surface area contributed by atoms with Crippen LogP contribution in [-0.4, -0.2) is 53.6 Å². The standard InChI is InChI=1S/C11H19N3O4/c1-3-12-11(18)13-9(15)6-14-5-4-8(7(14)2)10(16)17/h7-8H,3-6H2,1-2H3,(H,16,17)(H2,12,13,15,18). The summed E-state index contributed by atoms with van der Waals surface area (Å²) in [5.74, 6) is -1.70. The van der Waals surface area contributed by atoms with E-state index in [-0.39, 0.29) is 12.6 Å². The second-order valence-corrected chi connectivity index (χ2v) is 4.35. The van der Waals surface area contributed by atoms with E-state index >= 15 is 0 Å². The zero-order chi connectivity index (χ0) is 13.7. The zero-order valence-corrected chi connectivity index (χ0v) is 10.6. The fraction of sp³-hybridized carbons (Fsp3) is 0.727. The van der Waals surface area contributed by atoms with Crippen molar-refractivity contribution < 1.29 is 19.5 Å². The van der Waals surface area contributed by atoms with Gasteiger partial charge in [-0.1, -0.05) is 0 Å². The number of carbonyl (C=O) groups excluding carboxylic acids is 2. The first kappa shape index (κ1) is 14.4. The third kappa shape index (κ3) is 3.69. The highest BCUT2D eigenvalue weighted by atomic mass is 16.4. The van der Waals surface area contributed by atoms with Crippen molar-refractivity contribution in [3.8, 4) is 0 Å². The van der Waals surface area contributed by atoms with E-state index in [9.17, 15) is 14.4 Å². The maximum absolute atomic E-state index is 11.5. The number of urea groups is 1. The summed E-state index contributed by atoms with van der Waals surface area (Å²) in [5.41, 5.74) is 0. The summed E-state index contributed by atoms with van der Waals surface area (Å²) < 4.78 is 0. The van der Waals surface area contributed by atoms with E-state index < -0.39 is 23.8 Å². The molecule has 7 heteroatoms. The molecule has 0 radical (unpaired) electrons. The monoisotopic (exact) mass is 257 g/mol. The molecule has 0 aromatic rings. The van der Waals surface area contributed by atoms with E-state index in [1.54, 1.807) is 18.7 Å². The number of carboxylic acids is 1. The molecule has 1 aliphatic rings. The summed E-state index contributed by atoms with van der Waals surface area (Å²) in [6, 6.07) is -0.716. The first-order chi connectivity index (χ1) is 8.45. The highest BCUT2D eigenvalue weighted by molar-refractivity contribution is 5.95. The summed E-state index contributed by atoms with van der Waals surface area (Å²) in [6.07, 6.45) is 0.533. The molecule has 1 heterocycles. The minimum atomic E-state index is -0.839. The van der Waals surface area contributed by atoms with Crippen LogP contribution in [0.15, 0.2) is 0 Å².